The zero-order chi connectivity index (χ0) is 22.2. The van der Waals surface area contributed by atoms with Crippen molar-refractivity contribution in [3.63, 3.8) is 0 Å². The molecule has 0 saturated heterocycles. The molecule has 6 heteroatoms. The molecule has 0 spiro atoms. The average molecular weight is 436 g/mol. The van der Waals surface area contributed by atoms with E-state index in [1.165, 1.54) is 11.3 Å². The van der Waals surface area contributed by atoms with Crippen molar-refractivity contribution in [3.8, 4) is 16.9 Å². The van der Waals surface area contributed by atoms with Gasteiger partial charge in [0.25, 0.3) is 5.91 Å². The van der Waals surface area contributed by atoms with Gasteiger partial charge in [-0.25, -0.2) is 4.79 Å². The Morgan fingerprint density at radius 3 is 2.52 bits per heavy atom. The van der Waals surface area contributed by atoms with Gasteiger partial charge in [0, 0.05) is 10.4 Å². The summed E-state index contributed by atoms with van der Waals surface area (Å²) in [6.07, 6.45) is 2.43. The number of hydrogen-bond acceptors (Lipinski definition) is 5. The molecular formula is C25H25NO4S. The summed E-state index contributed by atoms with van der Waals surface area (Å²) < 4.78 is 11.0. The molecule has 0 unspecified atom stereocenters. The maximum absolute atomic E-state index is 12.7. The van der Waals surface area contributed by atoms with E-state index in [-0.39, 0.29) is 19.1 Å². The molecule has 0 saturated carbocycles. The normalized spacial score (nSPS) is 10.4. The molecule has 1 aromatic heterocycles. The summed E-state index contributed by atoms with van der Waals surface area (Å²) in [7, 11) is 0. The van der Waals surface area contributed by atoms with Gasteiger partial charge in [0.2, 0.25) is 0 Å². The lowest BCUT2D eigenvalue weighted by Gasteiger charge is -2.11. The minimum absolute atomic E-state index is 0.173. The number of benzene rings is 2. The molecule has 1 heterocycles. The first-order valence-corrected chi connectivity index (χ1v) is 10.8. The van der Waals surface area contributed by atoms with Crippen LogP contribution >= 0.6 is 11.3 Å². The first-order chi connectivity index (χ1) is 15.0. The zero-order valence-electron chi connectivity index (χ0n) is 17.6. The second kappa shape index (κ2) is 10.6. The molecule has 5 nitrogen and oxygen atoms in total. The van der Waals surface area contributed by atoms with E-state index in [4.69, 9.17) is 9.47 Å². The van der Waals surface area contributed by atoms with Crippen LogP contribution in [0, 0.1) is 6.92 Å². The number of carbonyl (C=O) groups excluding carboxylic acids is 2. The Bertz CT molecular complexity index is 1070. The van der Waals surface area contributed by atoms with Crippen molar-refractivity contribution in [2.75, 3.05) is 18.5 Å². The highest BCUT2D eigenvalue weighted by Gasteiger charge is 2.25. The van der Waals surface area contributed by atoms with Crippen LogP contribution in [-0.4, -0.2) is 25.1 Å². The molecule has 1 amide bonds. The third-order valence-electron chi connectivity index (χ3n) is 4.57. The van der Waals surface area contributed by atoms with Gasteiger partial charge in [-0.15, -0.1) is 17.9 Å². The van der Waals surface area contributed by atoms with Gasteiger partial charge in [0.15, 0.2) is 6.61 Å². The third kappa shape index (κ3) is 5.41. The highest BCUT2D eigenvalue weighted by Crippen LogP contribution is 2.40. The number of anilines is 1. The minimum Gasteiger partial charge on any atom is -0.483 e. The van der Waals surface area contributed by atoms with Crippen molar-refractivity contribution in [1.29, 1.82) is 0 Å². The number of ether oxygens (including phenoxy) is 2. The van der Waals surface area contributed by atoms with E-state index in [0.29, 0.717) is 22.7 Å². The van der Waals surface area contributed by atoms with Crippen molar-refractivity contribution in [2.45, 2.75) is 20.3 Å². The molecule has 0 aliphatic heterocycles. The van der Waals surface area contributed by atoms with Crippen LogP contribution in [0.25, 0.3) is 11.1 Å². The Morgan fingerprint density at radius 1 is 1.10 bits per heavy atom. The highest BCUT2D eigenvalue weighted by molar-refractivity contribution is 7.17. The Balaban J connectivity index is 1.83. The van der Waals surface area contributed by atoms with Crippen molar-refractivity contribution in [2.24, 2.45) is 0 Å². The van der Waals surface area contributed by atoms with E-state index >= 15 is 0 Å². The molecule has 0 radical (unpaired) electrons. The van der Waals surface area contributed by atoms with E-state index in [1.54, 1.807) is 13.0 Å². The number of esters is 1. The van der Waals surface area contributed by atoms with Gasteiger partial charge >= 0.3 is 5.97 Å². The predicted molar refractivity (Wildman–Crippen MR) is 125 cm³/mol. The maximum Gasteiger partial charge on any atom is 0.341 e. The summed E-state index contributed by atoms with van der Waals surface area (Å²) >= 11 is 1.35. The fourth-order valence-electron chi connectivity index (χ4n) is 3.26. The van der Waals surface area contributed by atoms with Crippen LogP contribution in [-0.2, 0) is 16.0 Å². The number of carbonyl (C=O) groups is 2. The number of rotatable bonds is 9. The first kappa shape index (κ1) is 22.3. The fourth-order valence-corrected chi connectivity index (χ4v) is 4.34. The van der Waals surface area contributed by atoms with Gasteiger partial charge < -0.3 is 14.8 Å². The quantitative estimate of drug-likeness (QED) is 0.349. The smallest absolute Gasteiger partial charge is 0.341 e. The number of allylic oxidation sites excluding steroid dienone is 1. The largest absolute Gasteiger partial charge is 0.483 e. The average Bonchev–Trinajstić information content (AvgIpc) is 3.09. The lowest BCUT2D eigenvalue weighted by Crippen LogP contribution is -2.21. The van der Waals surface area contributed by atoms with Crippen LogP contribution < -0.4 is 10.1 Å². The van der Waals surface area contributed by atoms with Crippen molar-refractivity contribution < 1.29 is 19.1 Å². The van der Waals surface area contributed by atoms with Crippen LogP contribution in [0.3, 0.4) is 0 Å². The van der Waals surface area contributed by atoms with Crippen LogP contribution in [0.1, 0.15) is 27.7 Å². The van der Waals surface area contributed by atoms with Gasteiger partial charge in [0.05, 0.1) is 6.61 Å². The molecule has 3 aromatic rings. The number of thiophene rings is 1. The van der Waals surface area contributed by atoms with Crippen LogP contribution in [0.5, 0.6) is 5.75 Å². The molecule has 2 aromatic carbocycles. The van der Waals surface area contributed by atoms with Crippen LogP contribution in [0.4, 0.5) is 5.00 Å². The monoisotopic (exact) mass is 435 g/mol. The Morgan fingerprint density at radius 2 is 1.81 bits per heavy atom. The Hall–Kier alpha value is -3.38. The lowest BCUT2D eigenvalue weighted by atomic mass is 10.0. The Labute approximate surface area is 186 Å². The molecule has 0 aliphatic rings. The predicted octanol–water partition coefficient (Wildman–Crippen LogP) is 5.65. The number of amides is 1. The highest BCUT2D eigenvalue weighted by atomic mass is 32.1. The summed E-state index contributed by atoms with van der Waals surface area (Å²) in [5.74, 6) is -0.173. The molecule has 3 rings (SSSR count). The van der Waals surface area contributed by atoms with Gasteiger partial charge in [-0.05, 0) is 37.5 Å². The minimum atomic E-state index is -0.460. The van der Waals surface area contributed by atoms with Gasteiger partial charge in [-0.1, -0.05) is 54.6 Å². The van der Waals surface area contributed by atoms with E-state index in [2.05, 4.69) is 11.9 Å². The fraction of sp³-hybridized carbons (Fsp3) is 0.200. The summed E-state index contributed by atoms with van der Waals surface area (Å²) in [5.41, 5.74) is 3.00. The van der Waals surface area contributed by atoms with E-state index in [0.717, 1.165) is 21.6 Å². The van der Waals surface area contributed by atoms with Gasteiger partial charge in [0.1, 0.15) is 16.3 Å². The number of aryl methyl sites for hydroxylation is 1. The van der Waals surface area contributed by atoms with Crippen molar-refractivity contribution in [1.82, 2.24) is 0 Å². The number of nitrogens with one attached hydrogen (secondary N) is 1. The summed E-state index contributed by atoms with van der Waals surface area (Å²) in [6.45, 7) is 7.50. The lowest BCUT2D eigenvalue weighted by molar-refractivity contribution is -0.118. The second-order valence-corrected chi connectivity index (χ2v) is 7.99. The van der Waals surface area contributed by atoms with E-state index in [1.807, 2.05) is 61.5 Å². The van der Waals surface area contributed by atoms with Gasteiger partial charge in [-0.2, -0.15) is 0 Å². The van der Waals surface area contributed by atoms with E-state index < -0.39 is 5.97 Å². The summed E-state index contributed by atoms with van der Waals surface area (Å²) in [5, 5.41) is 3.30. The van der Waals surface area contributed by atoms with E-state index in [9.17, 15) is 9.59 Å². The molecular weight excluding hydrogens is 410 g/mol. The van der Waals surface area contributed by atoms with Crippen LogP contribution in [0.15, 0.2) is 67.3 Å². The molecule has 31 heavy (non-hydrogen) atoms. The topological polar surface area (TPSA) is 64.6 Å². The van der Waals surface area contributed by atoms with Gasteiger partial charge in [-0.3, -0.25) is 4.79 Å². The molecule has 0 fully saturated rings. The maximum atomic E-state index is 12.7. The molecule has 0 atom stereocenters. The second-order valence-electron chi connectivity index (χ2n) is 6.76. The summed E-state index contributed by atoms with van der Waals surface area (Å²) in [4.78, 5) is 26.3. The molecule has 0 bridgehead atoms. The third-order valence-corrected chi connectivity index (χ3v) is 5.60. The standard InChI is InChI=1S/C25H25NO4S/c1-4-11-18-12-9-10-15-20(18)30-16-21(27)26-24-23(25(28)29-5-2)22(17(3)31-24)19-13-7-6-8-14-19/h4,6-10,12-15H,1,5,11,16H2,2-3H3,(H,26,27). The molecule has 160 valence electrons. The van der Waals surface area contributed by atoms with Crippen molar-refractivity contribution >= 4 is 28.2 Å². The Kier molecular flexibility index (Phi) is 7.62. The number of hydrogen-bond donors (Lipinski definition) is 1. The van der Waals surface area contributed by atoms with Crippen molar-refractivity contribution in [3.05, 3.63) is 83.3 Å². The zero-order valence-corrected chi connectivity index (χ0v) is 18.5. The van der Waals surface area contributed by atoms with Crippen LogP contribution in [0.2, 0.25) is 0 Å². The SMILES string of the molecule is C=CCc1ccccc1OCC(=O)Nc1sc(C)c(-c2ccccc2)c1C(=O)OCC. The first-order valence-electron chi connectivity index (χ1n) is 10.0. The molecule has 0 aliphatic carbocycles. The number of para-hydroxylation sites is 1. The molecule has 1 N–H and O–H groups in total. The summed E-state index contributed by atoms with van der Waals surface area (Å²) in [6, 6.07) is 17.1.